The van der Waals surface area contributed by atoms with E-state index < -0.39 is 0 Å². The van der Waals surface area contributed by atoms with Crippen LogP contribution in [0.3, 0.4) is 0 Å². The fourth-order valence-electron chi connectivity index (χ4n) is 1.56. The van der Waals surface area contributed by atoms with Crippen LogP contribution in [0, 0.1) is 0 Å². The summed E-state index contributed by atoms with van der Waals surface area (Å²) in [5.41, 5.74) is 7.12. The van der Waals surface area contributed by atoms with E-state index >= 15 is 0 Å². The van der Waals surface area contributed by atoms with E-state index in [-0.39, 0.29) is 11.9 Å². The first-order valence-electron chi connectivity index (χ1n) is 5.92. The lowest BCUT2D eigenvalue weighted by molar-refractivity contribution is -0.121. The van der Waals surface area contributed by atoms with Gasteiger partial charge in [0.05, 0.1) is 0 Å². The molecule has 3 N–H and O–H groups in total. The van der Waals surface area contributed by atoms with Gasteiger partial charge in [-0.2, -0.15) is 0 Å². The second-order valence-electron chi connectivity index (χ2n) is 3.98. The molecule has 1 aromatic carbocycles. The molecule has 0 saturated carbocycles. The van der Waals surface area contributed by atoms with Crippen LogP contribution >= 0.6 is 0 Å². The Balaban J connectivity index is 2.22. The Morgan fingerprint density at radius 2 is 2.12 bits per heavy atom. The van der Waals surface area contributed by atoms with Crippen molar-refractivity contribution < 1.29 is 4.79 Å². The standard InChI is InChI=1S/C14H20N2O/c1-2-3-9-14(17)16-11-10-13(15)12-7-5-4-6-8-12/h2,4-8,13H,1,3,9-11,15H2,(H,16,17). The minimum Gasteiger partial charge on any atom is -0.356 e. The van der Waals surface area contributed by atoms with Crippen LogP contribution in [-0.4, -0.2) is 12.5 Å². The molecule has 0 aliphatic rings. The molecule has 3 nitrogen and oxygen atoms in total. The summed E-state index contributed by atoms with van der Waals surface area (Å²) in [4.78, 5) is 11.3. The molecular weight excluding hydrogens is 212 g/mol. The molecule has 17 heavy (non-hydrogen) atoms. The van der Waals surface area contributed by atoms with Crippen molar-refractivity contribution in [2.45, 2.75) is 25.3 Å². The van der Waals surface area contributed by atoms with E-state index in [1.54, 1.807) is 6.08 Å². The largest absolute Gasteiger partial charge is 0.356 e. The fraction of sp³-hybridized carbons (Fsp3) is 0.357. The van der Waals surface area contributed by atoms with Crippen LogP contribution in [0.25, 0.3) is 0 Å². The molecule has 1 atom stereocenters. The van der Waals surface area contributed by atoms with Crippen molar-refractivity contribution in [3.63, 3.8) is 0 Å². The highest BCUT2D eigenvalue weighted by Gasteiger charge is 2.05. The molecule has 0 spiro atoms. The summed E-state index contributed by atoms with van der Waals surface area (Å²) in [6, 6.07) is 9.90. The Bertz CT molecular complexity index is 348. The summed E-state index contributed by atoms with van der Waals surface area (Å²) in [6.07, 6.45) is 3.72. The number of hydrogen-bond donors (Lipinski definition) is 2. The van der Waals surface area contributed by atoms with Crippen LogP contribution in [0.4, 0.5) is 0 Å². The number of nitrogens with two attached hydrogens (primary N) is 1. The fourth-order valence-corrected chi connectivity index (χ4v) is 1.56. The van der Waals surface area contributed by atoms with Gasteiger partial charge in [-0.05, 0) is 18.4 Å². The Hall–Kier alpha value is -1.61. The highest BCUT2D eigenvalue weighted by atomic mass is 16.1. The van der Waals surface area contributed by atoms with Gasteiger partial charge in [-0.3, -0.25) is 4.79 Å². The van der Waals surface area contributed by atoms with Gasteiger partial charge in [0, 0.05) is 19.0 Å². The first kappa shape index (κ1) is 13.5. The average Bonchev–Trinajstić information content (AvgIpc) is 2.37. The summed E-state index contributed by atoms with van der Waals surface area (Å²) < 4.78 is 0. The van der Waals surface area contributed by atoms with Crippen molar-refractivity contribution in [2.75, 3.05) is 6.54 Å². The minimum atomic E-state index is -0.0177. The predicted molar refractivity (Wildman–Crippen MR) is 70.4 cm³/mol. The van der Waals surface area contributed by atoms with Gasteiger partial charge < -0.3 is 11.1 Å². The zero-order valence-corrected chi connectivity index (χ0v) is 10.1. The maximum atomic E-state index is 11.3. The molecule has 0 aromatic heterocycles. The van der Waals surface area contributed by atoms with Crippen molar-refractivity contribution in [2.24, 2.45) is 5.73 Å². The third kappa shape index (κ3) is 5.31. The first-order valence-corrected chi connectivity index (χ1v) is 5.92. The van der Waals surface area contributed by atoms with E-state index in [9.17, 15) is 4.79 Å². The van der Waals surface area contributed by atoms with Gasteiger partial charge in [0.1, 0.15) is 0 Å². The number of carbonyl (C=O) groups is 1. The lowest BCUT2D eigenvalue weighted by atomic mass is 10.1. The highest BCUT2D eigenvalue weighted by molar-refractivity contribution is 5.75. The minimum absolute atomic E-state index is 0.0177. The van der Waals surface area contributed by atoms with E-state index in [1.807, 2.05) is 30.3 Å². The van der Waals surface area contributed by atoms with Crippen LogP contribution in [-0.2, 0) is 4.79 Å². The molecular formula is C14H20N2O. The second-order valence-corrected chi connectivity index (χ2v) is 3.98. The number of amides is 1. The van der Waals surface area contributed by atoms with Crippen molar-refractivity contribution in [3.8, 4) is 0 Å². The lowest BCUT2D eigenvalue weighted by Gasteiger charge is -2.12. The van der Waals surface area contributed by atoms with Gasteiger partial charge in [0.2, 0.25) is 5.91 Å². The van der Waals surface area contributed by atoms with Crippen molar-refractivity contribution in [1.82, 2.24) is 5.32 Å². The average molecular weight is 232 g/mol. The zero-order valence-electron chi connectivity index (χ0n) is 10.1. The van der Waals surface area contributed by atoms with Crippen LogP contribution in [0.1, 0.15) is 30.9 Å². The lowest BCUT2D eigenvalue weighted by Crippen LogP contribution is -2.26. The highest BCUT2D eigenvalue weighted by Crippen LogP contribution is 2.12. The zero-order chi connectivity index (χ0) is 12.5. The van der Waals surface area contributed by atoms with Gasteiger partial charge in [0.15, 0.2) is 0 Å². The van der Waals surface area contributed by atoms with Crippen LogP contribution in [0.15, 0.2) is 43.0 Å². The molecule has 1 rings (SSSR count). The summed E-state index contributed by atoms with van der Waals surface area (Å²) in [6.45, 7) is 4.20. The quantitative estimate of drug-likeness (QED) is 0.708. The van der Waals surface area contributed by atoms with Crippen LogP contribution in [0.5, 0.6) is 0 Å². The number of hydrogen-bond acceptors (Lipinski definition) is 2. The van der Waals surface area contributed by atoms with Crippen LogP contribution in [0.2, 0.25) is 0 Å². The number of rotatable bonds is 7. The maximum Gasteiger partial charge on any atom is 0.220 e. The summed E-state index contributed by atoms with van der Waals surface area (Å²) in [5, 5.41) is 2.85. The second kappa shape index (κ2) is 7.63. The van der Waals surface area contributed by atoms with Gasteiger partial charge in [0.25, 0.3) is 0 Å². The Morgan fingerprint density at radius 3 is 2.76 bits per heavy atom. The van der Waals surface area contributed by atoms with Crippen LogP contribution < -0.4 is 11.1 Å². The number of benzene rings is 1. The van der Waals surface area contributed by atoms with Crippen molar-refractivity contribution >= 4 is 5.91 Å². The molecule has 0 radical (unpaired) electrons. The Morgan fingerprint density at radius 1 is 1.41 bits per heavy atom. The SMILES string of the molecule is C=CCCC(=O)NCCC(N)c1ccccc1. The third-order valence-corrected chi connectivity index (χ3v) is 2.58. The predicted octanol–water partition coefficient (Wildman–Crippen LogP) is 2.16. The number of carbonyl (C=O) groups excluding carboxylic acids is 1. The van der Waals surface area contributed by atoms with Crippen molar-refractivity contribution in [3.05, 3.63) is 48.6 Å². The molecule has 0 aliphatic carbocycles. The molecule has 0 fully saturated rings. The van der Waals surface area contributed by atoms with Gasteiger partial charge in [-0.25, -0.2) is 0 Å². The summed E-state index contributed by atoms with van der Waals surface area (Å²) in [7, 11) is 0. The van der Waals surface area contributed by atoms with E-state index in [4.69, 9.17) is 5.73 Å². The first-order chi connectivity index (χ1) is 8.24. The molecule has 1 amide bonds. The smallest absolute Gasteiger partial charge is 0.220 e. The Labute approximate surface area is 103 Å². The monoisotopic (exact) mass is 232 g/mol. The topological polar surface area (TPSA) is 55.1 Å². The normalized spacial score (nSPS) is 11.8. The summed E-state index contributed by atoms with van der Waals surface area (Å²) in [5.74, 6) is 0.0603. The molecule has 0 saturated heterocycles. The van der Waals surface area contributed by atoms with E-state index in [0.29, 0.717) is 13.0 Å². The van der Waals surface area contributed by atoms with Gasteiger partial charge in [-0.15, -0.1) is 6.58 Å². The molecule has 3 heteroatoms. The molecule has 1 aromatic rings. The molecule has 0 bridgehead atoms. The molecule has 92 valence electrons. The maximum absolute atomic E-state index is 11.3. The molecule has 1 unspecified atom stereocenters. The van der Waals surface area contributed by atoms with Gasteiger partial charge >= 0.3 is 0 Å². The van der Waals surface area contributed by atoms with E-state index in [1.165, 1.54) is 0 Å². The third-order valence-electron chi connectivity index (χ3n) is 2.58. The van der Waals surface area contributed by atoms with E-state index in [2.05, 4.69) is 11.9 Å². The summed E-state index contributed by atoms with van der Waals surface area (Å²) >= 11 is 0. The molecule has 0 heterocycles. The van der Waals surface area contributed by atoms with E-state index in [0.717, 1.165) is 18.4 Å². The van der Waals surface area contributed by atoms with Crippen molar-refractivity contribution in [1.29, 1.82) is 0 Å². The van der Waals surface area contributed by atoms with Gasteiger partial charge in [-0.1, -0.05) is 36.4 Å². The molecule has 0 aliphatic heterocycles. The number of allylic oxidation sites excluding steroid dienone is 1. The Kier molecular flexibility index (Phi) is 6.04. The number of nitrogens with one attached hydrogen (secondary N) is 1.